The van der Waals surface area contributed by atoms with Crippen molar-refractivity contribution in [1.29, 1.82) is 0 Å². The highest BCUT2D eigenvalue weighted by Gasteiger charge is 2.07. The van der Waals surface area contributed by atoms with Gasteiger partial charge in [0.1, 0.15) is 0 Å². The molecule has 0 atom stereocenters. The van der Waals surface area contributed by atoms with Crippen LogP contribution in [0.25, 0.3) is 0 Å². The fraction of sp³-hybridized carbons (Fsp3) is 0.200. The van der Waals surface area contributed by atoms with Gasteiger partial charge in [-0.2, -0.15) is 0 Å². The molecule has 0 fully saturated rings. The van der Waals surface area contributed by atoms with Crippen LogP contribution in [0.3, 0.4) is 0 Å². The van der Waals surface area contributed by atoms with Gasteiger partial charge in [-0.05, 0) is 30.4 Å². The number of carbonyl (C=O) groups is 1. The normalized spacial score (nSPS) is 9.47. The van der Waals surface area contributed by atoms with Gasteiger partial charge in [0.05, 0.1) is 0 Å². The topological polar surface area (TPSA) is 58.4 Å². The minimum Gasteiger partial charge on any atom is -0.376 e. The molecule has 3 N–H and O–H groups in total. The minimum atomic E-state index is -0.0541. The number of nitrogens with two attached hydrogens (primary N) is 1. The number of amides is 1. The molecule has 0 unspecified atom stereocenters. The molecule has 0 saturated carbocycles. The van der Waals surface area contributed by atoms with Gasteiger partial charge in [-0.15, -0.1) is 0 Å². The van der Waals surface area contributed by atoms with Crippen molar-refractivity contribution in [2.75, 3.05) is 19.4 Å². The zero-order chi connectivity index (χ0) is 11.4. The average molecular weight is 223 g/mol. The third-order valence-corrected chi connectivity index (χ3v) is 1.89. The summed E-state index contributed by atoms with van der Waals surface area (Å²) in [6.45, 7) is 0. The fourth-order valence-electron chi connectivity index (χ4n) is 1.13. The molecule has 1 amide bonds. The van der Waals surface area contributed by atoms with Gasteiger partial charge in [0.25, 0.3) is 5.91 Å². The highest BCUT2D eigenvalue weighted by Crippen LogP contribution is 2.11. The SMILES string of the molecule is CN(C)C(=O)c1cccc(NC(N)=S)c1. The van der Waals surface area contributed by atoms with Gasteiger partial charge in [-0.1, -0.05) is 6.07 Å². The smallest absolute Gasteiger partial charge is 0.253 e. The fourth-order valence-corrected chi connectivity index (χ4v) is 1.25. The third-order valence-electron chi connectivity index (χ3n) is 1.78. The number of hydrogen-bond donors (Lipinski definition) is 2. The van der Waals surface area contributed by atoms with Crippen LogP contribution >= 0.6 is 12.2 Å². The van der Waals surface area contributed by atoms with E-state index in [0.717, 1.165) is 5.69 Å². The third kappa shape index (κ3) is 3.21. The minimum absolute atomic E-state index is 0.0541. The Morgan fingerprint density at radius 2 is 2.13 bits per heavy atom. The van der Waals surface area contributed by atoms with Crippen molar-refractivity contribution in [2.24, 2.45) is 5.73 Å². The van der Waals surface area contributed by atoms with Gasteiger partial charge in [0.2, 0.25) is 0 Å². The van der Waals surface area contributed by atoms with Crippen molar-refractivity contribution in [3.63, 3.8) is 0 Å². The summed E-state index contributed by atoms with van der Waals surface area (Å²) in [7, 11) is 3.41. The number of nitrogens with zero attached hydrogens (tertiary/aromatic N) is 1. The summed E-state index contributed by atoms with van der Waals surface area (Å²) in [5, 5.41) is 2.96. The second-order valence-electron chi connectivity index (χ2n) is 3.27. The number of hydrogen-bond acceptors (Lipinski definition) is 2. The van der Waals surface area contributed by atoms with Crippen LogP contribution in [0.2, 0.25) is 0 Å². The van der Waals surface area contributed by atoms with Crippen LogP contribution in [0.15, 0.2) is 24.3 Å². The van der Waals surface area contributed by atoms with Gasteiger partial charge in [0, 0.05) is 25.3 Å². The first-order valence-corrected chi connectivity index (χ1v) is 4.79. The van der Waals surface area contributed by atoms with E-state index in [1.165, 1.54) is 4.90 Å². The van der Waals surface area contributed by atoms with Crippen LogP contribution in [0.4, 0.5) is 5.69 Å². The van der Waals surface area contributed by atoms with E-state index in [9.17, 15) is 4.79 Å². The maximum atomic E-state index is 11.6. The Bertz CT molecular complexity index is 390. The predicted octanol–water partition coefficient (Wildman–Crippen LogP) is 1.04. The molecule has 0 aliphatic heterocycles. The highest BCUT2D eigenvalue weighted by molar-refractivity contribution is 7.80. The number of thiocarbonyl (C=S) groups is 1. The second-order valence-corrected chi connectivity index (χ2v) is 3.71. The first-order valence-electron chi connectivity index (χ1n) is 4.39. The van der Waals surface area contributed by atoms with E-state index in [2.05, 4.69) is 5.32 Å². The molecule has 1 aromatic rings. The number of benzene rings is 1. The van der Waals surface area contributed by atoms with Crippen LogP contribution in [0.5, 0.6) is 0 Å². The summed E-state index contributed by atoms with van der Waals surface area (Å²) >= 11 is 4.71. The van der Waals surface area contributed by atoms with E-state index in [1.807, 2.05) is 0 Å². The number of anilines is 1. The Hall–Kier alpha value is -1.62. The first-order chi connectivity index (χ1) is 7.00. The number of rotatable bonds is 2. The van der Waals surface area contributed by atoms with Crippen LogP contribution in [0.1, 0.15) is 10.4 Å². The molecular formula is C10H13N3OS. The van der Waals surface area contributed by atoms with Gasteiger partial charge in [0.15, 0.2) is 5.11 Å². The molecule has 15 heavy (non-hydrogen) atoms. The molecule has 0 saturated heterocycles. The van der Waals surface area contributed by atoms with Crippen molar-refractivity contribution in [3.8, 4) is 0 Å². The first kappa shape index (κ1) is 11.5. The van der Waals surface area contributed by atoms with Crippen molar-refractivity contribution < 1.29 is 4.79 Å². The monoisotopic (exact) mass is 223 g/mol. The summed E-state index contributed by atoms with van der Waals surface area (Å²) in [5.41, 5.74) is 6.65. The lowest BCUT2D eigenvalue weighted by Crippen LogP contribution is -2.22. The molecule has 4 nitrogen and oxygen atoms in total. The lowest BCUT2D eigenvalue weighted by Gasteiger charge is -2.11. The van der Waals surface area contributed by atoms with Gasteiger partial charge in [-0.25, -0.2) is 0 Å². The quantitative estimate of drug-likeness (QED) is 0.736. The summed E-state index contributed by atoms with van der Waals surface area (Å²) in [4.78, 5) is 13.1. The number of carbonyl (C=O) groups excluding carboxylic acids is 1. The van der Waals surface area contributed by atoms with Crippen molar-refractivity contribution in [2.45, 2.75) is 0 Å². The number of nitrogens with one attached hydrogen (secondary N) is 1. The summed E-state index contributed by atoms with van der Waals surface area (Å²) in [6, 6.07) is 7.03. The maximum Gasteiger partial charge on any atom is 0.253 e. The molecule has 0 heterocycles. The predicted molar refractivity (Wildman–Crippen MR) is 64.9 cm³/mol. The van der Waals surface area contributed by atoms with E-state index < -0.39 is 0 Å². The van der Waals surface area contributed by atoms with E-state index >= 15 is 0 Å². The van der Waals surface area contributed by atoms with Gasteiger partial charge in [-0.3, -0.25) is 4.79 Å². The molecule has 1 aromatic carbocycles. The molecule has 0 bridgehead atoms. The molecule has 5 heteroatoms. The second kappa shape index (κ2) is 4.75. The van der Waals surface area contributed by atoms with Crippen LogP contribution in [-0.2, 0) is 0 Å². The zero-order valence-electron chi connectivity index (χ0n) is 8.65. The average Bonchev–Trinajstić information content (AvgIpc) is 2.16. The Balaban J connectivity index is 2.92. The summed E-state index contributed by atoms with van der Waals surface area (Å²) in [5.74, 6) is -0.0541. The lowest BCUT2D eigenvalue weighted by atomic mass is 10.2. The summed E-state index contributed by atoms with van der Waals surface area (Å²) < 4.78 is 0. The van der Waals surface area contributed by atoms with Crippen LogP contribution < -0.4 is 11.1 Å². The Morgan fingerprint density at radius 3 is 2.67 bits per heavy atom. The lowest BCUT2D eigenvalue weighted by molar-refractivity contribution is 0.0827. The van der Waals surface area contributed by atoms with Gasteiger partial charge < -0.3 is 16.0 Å². The molecule has 0 aliphatic rings. The Labute approximate surface area is 94.1 Å². The maximum absolute atomic E-state index is 11.6. The molecule has 0 aliphatic carbocycles. The Morgan fingerprint density at radius 1 is 1.47 bits per heavy atom. The molecule has 80 valence electrons. The van der Waals surface area contributed by atoms with Gasteiger partial charge >= 0.3 is 0 Å². The molecule has 0 radical (unpaired) electrons. The van der Waals surface area contributed by atoms with E-state index in [4.69, 9.17) is 18.0 Å². The van der Waals surface area contributed by atoms with Crippen molar-refractivity contribution in [1.82, 2.24) is 4.90 Å². The van der Waals surface area contributed by atoms with E-state index in [-0.39, 0.29) is 11.0 Å². The van der Waals surface area contributed by atoms with Crippen molar-refractivity contribution in [3.05, 3.63) is 29.8 Å². The summed E-state index contributed by atoms with van der Waals surface area (Å²) in [6.07, 6.45) is 0. The molecular weight excluding hydrogens is 210 g/mol. The molecule has 0 aromatic heterocycles. The largest absolute Gasteiger partial charge is 0.376 e. The van der Waals surface area contributed by atoms with Crippen LogP contribution in [-0.4, -0.2) is 30.0 Å². The Kier molecular flexibility index (Phi) is 3.62. The van der Waals surface area contributed by atoms with Crippen molar-refractivity contribution >= 4 is 28.9 Å². The highest BCUT2D eigenvalue weighted by atomic mass is 32.1. The zero-order valence-corrected chi connectivity index (χ0v) is 9.47. The standard InChI is InChI=1S/C10H13N3OS/c1-13(2)9(14)7-4-3-5-8(6-7)12-10(11)15/h3-6H,1-2H3,(H3,11,12,15). The molecule has 0 spiro atoms. The van der Waals surface area contributed by atoms with E-state index in [1.54, 1.807) is 38.4 Å². The molecule has 1 rings (SSSR count). The van der Waals surface area contributed by atoms with Crippen LogP contribution in [0, 0.1) is 0 Å². The van der Waals surface area contributed by atoms with E-state index in [0.29, 0.717) is 5.56 Å².